The number of carbonyl (C=O) groups excluding carboxylic acids is 2. The Morgan fingerprint density at radius 1 is 1.24 bits per heavy atom. The molecule has 41 heavy (non-hydrogen) atoms. The molecule has 1 amide bonds. The summed E-state index contributed by atoms with van der Waals surface area (Å²) in [5.41, 5.74) is 2.33. The van der Waals surface area contributed by atoms with Crippen molar-refractivity contribution in [3.05, 3.63) is 61.7 Å². The third-order valence-electron chi connectivity index (χ3n) is 9.70. The van der Waals surface area contributed by atoms with E-state index in [9.17, 15) is 24.6 Å². The van der Waals surface area contributed by atoms with Crippen molar-refractivity contribution >= 4 is 22.8 Å². The monoisotopic (exact) mass is 561 g/mol. The van der Waals surface area contributed by atoms with Crippen LogP contribution in [0.2, 0.25) is 0 Å². The van der Waals surface area contributed by atoms with E-state index in [1.54, 1.807) is 36.4 Å². The number of nitrogens with zero attached hydrogens (tertiary/aromatic N) is 3. The Hall–Kier alpha value is -3.63. The maximum Gasteiger partial charge on any atom is 0.343 e. The highest BCUT2D eigenvalue weighted by Gasteiger charge is 2.46. The zero-order valence-corrected chi connectivity index (χ0v) is 23.3. The van der Waals surface area contributed by atoms with Gasteiger partial charge in [-0.2, -0.15) is 0 Å². The third kappa shape index (κ3) is 3.66. The SMILES string of the molecule is CC[C@@]1(O)C(=O)OCc2c1cc1n(c2=O)Cc2c-1nc1cc(F)c(C)c3c1c2[C@@H](N(C)C(=O)[C@@H](O)CC1CC1)CC3. The number of amides is 1. The number of aliphatic hydroxyl groups excluding tert-OH is 1. The molecule has 4 aliphatic rings. The van der Waals surface area contributed by atoms with Crippen LogP contribution in [0.25, 0.3) is 22.3 Å². The number of benzene rings is 1. The molecule has 9 nitrogen and oxygen atoms in total. The Morgan fingerprint density at radius 2 is 2.00 bits per heavy atom. The van der Waals surface area contributed by atoms with Gasteiger partial charge in [-0.05, 0) is 61.3 Å². The molecule has 3 atom stereocenters. The Kier molecular flexibility index (Phi) is 5.73. The van der Waals surface area contributed by atoms with E-state index >= 15 is 4.39 Å². The number of pyridine rings is 2. The fourth-order valence-electron chi connectivity index (χ4n) is 7.08. The summed E-state index contributed by atoms with van der Waals surface area (Å²) in [4.78, 5) is 46.2. The molecule has 1 fully saturated rings. The standard InChI is InChI=1S/C31H32FN3O6/c1-4-31(40)19-10-23-27-17(12-35(23)28(37)18(19)13-41-30(31)39)26-22(34(3)29(38)24(36)9-15-5-6-15)8-7-16-14(2)20(32)11-21(33-27)25(16)26/h10-11,15,22,24,36,40H,4-9,12-13H2,1-3H3/t22-,24-,31-/m0/s1. The summed E-state index contributed by atoms with van der Waals surface area (Å²) in [6.45, 7) is 3.33. The van der Waals surface area contributed by atoms with Crippen LogP contribution in [0.1, 0.15) is 78.5 Å². The minimum atomic E-state index is -1.96. The number of rotatable bonds is 5. The van der Waals surface area contributed by atoms with Crippen LogP contribution < -0.4 is 5.56 Å². The summed E-state index contributed by atoms with van der Waals surface area (Å²) in [5.74, 6) is -1.15. The van der Waals surface area contributed by atoms with E-state index in [-0.39, 0.29) is 48.0 Å². The smallest absolute Gasteiger partial charge is 0.343 e. The normalized spacial score (nSPS) is 23.1. The van der Waals surface area contributed by atoms with Crippen LogP contribution in [0, 0.1) is 18.7 Å². The average molecular weight is 562 g/mol. The first-order chi connectivity index (χ1) is 19.5. The molecule has 0 bridgehead atoms. The van der Waals surface area contributed by atoms with E-state index in [0.29, 0.717) is 47.6 Å². The minimum Gasteiger partial charge on any atom is -0.458 e. The highest BCUT2D eigenvalue weighted by Crippen LogP contribution is 2.47. The number of aromatic nitrogens is 2. The van der Waals surface area contributed by atoms with Gasteiger partial charge in [0.05, 0.1) is 35.1 Å². The largest absolute Gasteiger partial charge is 0.458 e. The highest BCUT2D eigenvalue weighted by atomic mass is 19.1. The van der Waals surface area contributed by atoms with Crippen molar-refractivity contribution in [3.8, 4) is 11.4 Å². The van der Waals surface area contributed by atoms with E-state index in [1.807, 2.05) is 0 Å². The van der Waals surface area contributed by atoms with Crippen molar-refractivity contribution in [2.75, 3.05) is 7.05 Å². The first-order valence-electron chi connectivity index (χ1n) is 14.3. The van der Waals surface area contributed by atoms with Crippen molar-refractivity contribution in [2.45, 2.75) is 83.3 Å². The number of aliphatic hydroxyl groups is 2. The van der Waals surface area contributed by atoms with Crippen LogP contribution in [0.15, 0.2) is 16.9 Å². The Balaban J connectivity index is 1.45. The van der Waals surface area contributed by atoms with Crippen molar-refractivity contribution in [1.82, 2.24) is 14.5 Å². The lowest BCUT2D eigenvalue weighted by molar-refractivity contribution is -0.172. The minimum absolute atomic E-state index is 0.0248. The summed E-state index contributed by atoms with van der Waals surface area (Å²) >= 11 is 0. The summed E-state index contributed by atoms with van der Waals surface area (Å²) in [6, 6.07) is 2.61. The third-order valence-corrected chi connectivity index (χ3v) is 9.70. The van der Waals surface area contributed by atoms with E-state index in [1.165, 1.54) is 6.07 Å². The lowest BCUT2D eigenvalue weighted by Crippen LogP contribution is -2.44. The molecule has 2 aromatic heterocycles. The Bertz CT molecular complexity index is 1740. The molecular formula is C31H32FN3O6. The molecule has 1 saturated carbocycles. The highest BCUT2D eigenvalue weighted by molar-refractivity contribution is 5.94. The van der Waals surface area contributed by atoms with Crippen LogP contribution in [-0.4, -0.2) is 49.7 Å². The number of hydrogen-bond donors (Lipinski definition) is 2. The van der Waals surface area contributed by atoms with E-state index in [2.05, 4.69) is 0 Å². The van der Waals surface area contributed by atoms with Gasteiger partial charge in [0.2, 0.25) is 0 Å². The maximum absolute atomic E-state index is 15.1. The molecule has 1 aromatic carbocycles. The van der Waals surface area contributed by atoms with Gasteiger partial charge < -0.3 is 24.4 Å². The predicted molar refractivity (Wildman–Crippen MR) is 146 cm³/mol. The molecule has 0 saturated heterocycles. The number of carbonyl (C=O) groups is 2. The maximum atomic E-state index is 15.1. The summed E-state index contributed by atoms with van der Waals surface area (Å²) in [6.07, 6.45) is 2.49. The van der Waals surface area contributed by atoms with Crippen LogP contribution in [0.5, 0.6) is 0 Å². The van der Waals surface area contributed by atoms with Crippen LogP contribution in [-0.2, 0) is 39.5 Å². The number of esters is 1. The lowest BCUT2D eigenvalue weighted by atomic mass is 9.81. The number of ether oxygens (including phenoxy) is 1. The van der Waals surface area contributed by atoms with Crippen LogP contribution in [0.4, 0.5) is 4.39 Å². The lowest BCUT2D eigenvalue weighted by Gasteiger charge is -2.36. The Labute approximate surface area is 235 Å². The first-order valence-corrected chi connectivity index (χ1v) is 14.3. The van der Waals surface area contributed by atoms with Gasteiger partial charge >= 0.3 is 5.97 Å². The molecular weight excluding hydrogens is 529 g/mol. The van der Waals surface area contributed by atoms with E-state index < -0.39 is 23.7 Å². The summed E-state index contributed by atoms with van der Waals surface area (Å²) in [7, 11) is 1.69. The van der Waals surface area contributed by atoms with Crippen molar-refractivity contribution < 1.29 is 28.9 Å². The molecule has 4 heterocycles. The van der Waals surface area contributed by atoms with E-state index in [4.69, 9.17) is 9.72 Å². The molecule has 0 radical (unpaired) electrons. The Morgan fingerprint density at radius 3 is 2.71 bits per heavy atom. The number of aryl methyl sites for hydroxylation is 1. The molecule has 2 aliphatic heterocycles. The van der Waals surface area contributed by atoms with Crippen LogP contribution >= 0.6 is 0 Å². The molecule has 2 aliphatic carbocycles. The summed E-state index contributed by atoms with van der Waals surface area (Å²) in [5, 5.41) is 22.7. The molecule has 2 N–H and O–H groups in total. The number of fused-ring (bicyclic) bond motifs is 5. The summed E-state index contributed by atoms with van der Waals surface area (Å²) < 4.78 is 21.9. The molecule has 7 rings (SSSR count). The number of likely N-dealkylation sites (N-methyl/N-ethyl adjacent to an activating group) is 1. The van der Waals surface area contributed by atoms with Gasteiger partial charge in [0.15, 0.2) is 5.60 Å². The van der Waals surface area contributed by atoms with Gasteiger partial charge in [-0.15, -0.1) is 0 Å². The van der Waals surface area contributed by atoms with Crippen molar-refractivity contribution in [3.63, 3.8) is 0 Å². The number of halogens is 1. The molecule has 214 valence electrons. The number of hydrogen-bond acceptors (Lipinski definition) is 7. The first kappa shape index (κ1) is 26.3. The average Bonchev–Trinajstić information content (AvgIpc) is 3.70. The van der Waals surface area contributed by atoms with Crippen molar-refractivity contribution in [1.29, 1.82) is 0 Å². The second-order valence-electron chi connectivity index (χ2n) is 12.0. The predicted octanol–water partition coefficient (Wildman–Crippen LogP) is 3.13. The molecule has 10 heteroatoms. The quantitative estimate of drug-likeness (QED) is 0.359. The van der Waals surface area contributed by atoms with Crippen molar-refractivity contribution in [2.24, 2.45) is 5.92 Å². The van der Waals surface area contributed by atoms with Gasteiger partial charge in [-0.3, -0.25) is 9.59 Å². The van der Waals surface area contributed by atoms with E-state index in [0.717, 1.165) is 34.9 Å². The van der Waals surface area contributed by atoms with Gasteiger partial charge in [0.1, 0.15) is 18.5 Å². The zero-order valence-electron chi connectivity index (χ0n) is 23.3. The fraction of sp³-hybridized carbons (Fsp3) is 0.484. The zero-order chi connectivity index (χ0) is 29.0. The van der Waals surface area contributed by atoms with Gasteiger partial charge in [0.25, 0.3) is 11.5 Å². The molecule has 3 aromatic rings. The van der Waals surface area contributed by atoms with Gasteiger partial charge in [-0.25, -0.2) is 14.2 Å². The molecule has 0 spiro atoms. The fourth-order valence-corrected chi connectivity index (χ4v) is 7.08. The second-order valence-corrected chi connectivity index (χ2v) is 12.0. The second kappa shape index (κ2) is 8.93. The van der Waals surface area contributed by atoms with Crippen LogP contribution in [0.3, 0.4) is 0 Å². The van der Waals surface area contributed by atoms with Gasteiger partial charge in [0, 0.05) is 29.6 Å². The van der Waals surface area contributed by atoms with Gasteiger partial charge in [-0.1, -0.05) is 19.8 Å². The molecule has 0 unspecified atom stereocenters. The topological polar surface area (TPSA) is 122 Å². The number of cyclic esters (lactones) is 1.